The largest absolute Gasteiger partial charge is 0.371 e. The second-order valence-corrected chi connectivity index (χ2v) is 8.73. The van der Waals surface area contributed by atoms with Gasteiger partial charge in [0.1, 0.15) is 5.69 Å². The molecule has 30 heavy (non-hydrogen) atoms. The fourth-order valence-corrected chi connectivity index (χ4v) is 5.18. The molecule has 4 aromatic rings. The molecule has 6 nitrogen and oxygen atoms in total. The highest BCUT2D eigenvalue weighted by atomic mass is 15.2. The van der Waals surface area contributed by atoms with E-state index in [0.29, 0.717) is 5.92 Å². The molecule has 6 rings (SSSR count). The molecule has 0 amide bonds. The Hall–Kier alpha value is -2.86. The number of nitrogens with zero attached hydrogens (tertiary/aromatic N) is 3. The van der Waals surface area contributed by atoms with Crippen molar-refractivity contribution < 1.29 is 0 Å². The standard InChI is InChI=1S/C24H28N6/c1-2-11-30(12-3-1)22-6-4-5-20-18(22)14-21(27-20)23-19-13-17(15-26-24(19)29-28-23)16-7-9-25-10-8-16/h4-6,13-16,25,27H,1-3,7-12H2,(H,26,28,29). The molecule has 0 radical (unpaired) electrons. The van der Waals surface area contributed by atoms with Gasteiger partial charge in [0.15, 0.2) is 5.65 Å². The molecule has 2 aliphatic rings. The molecule has 3 aromatic heterocycles. The topological polar surface area (TPSA) is 72.6 Å². The van der Waals surface area contributed by atoms with Gasteiger partial charge in [-0.15, -0.1) is 0 Å². The molecule has 0 unspecified atom stereocenters. The van der Waals surface area contributed by atoms with Crippen molar-refractivity contribution in [3.63, 3.8) is 0 Å². The number of benzene rings is 1. The number of aromatic amines is 2. The number of nitrogens with one attached hydrogen (secondary N) is 3. The van der Waals surface area contributed by atoms with Gasteiger partial charge in [-0.05, 0) is 80.9 Å². The first-order valence-corrected chi connectivity index (χ1v) is 11.3. The van der Waals surface area contributed by atoms with Crippen LogP contribution in [0.5, 0.6) is 0 Å². The average Bonchev–Trinajstić information content (AvgIpc) is 3.43. The second kappa shape index (κ2) is 7.43. The van der Waals surface area contributed by atoms with E-state index in [4.69, 9.17) is 0 Å². The van der Waals surface area contributed by atoms with E-state index in [0.717, 1.165) is 48.6 Å². The Kier molecular flexibility index (Phi) is 4.45. The van der Waals surface area contributed by atoms with Crippen LogP contribution in [-0.4, -0.2) is 46.3 Å². The lowest BCUT2D eigenvalue weighted by Gasteiger charge is -2.29. The van der Waals surface area contributed by atoms with Crippen LogP contribution in [-0.2, 0) is 0 Å². The summed E-state index contributed by atoms with van der Waals surface area (Å²) in [5, 5.41) is 13.6. The number of pyridine rings is 1. The van der Waals surface area contributed by atoms with Gasteiger partial charge < -0.3 is 15.2 Å². The lowest BCUT2D eigenvalue weighted by Crippen LogP contribution is -2.29. The Morgan fingerprint density at radius 2 is 1.83 bits per heavy atom. The van der Waals surface area contributed by atoms with Gasteiger partial charge in [0.05, 0.1) is 5.69 Å². The van der Waals surface area contributed by atoms with Gasteiger partial charge >= 0.3 is 0 Å². The van der Waals surface area contributed by atoms with Gasteiger partial charge in [0.25, 0.3) is 0 Å². The van der Waals surface area contributed by atoms with Crippen LogP contribution in [0.2, 0.25) is 0 Å². The van der Waals surface area contributed by atoms with Crippen molar-refractivity contribution >= 4 is 27.6 Å². The Bertz CT molecular complexity index is 1180. The van der Waals surface area contributed by atoms with E-state index < -0.39 is 0 Å². The van der Waals surface area contributed by atoms with Crippen molar-refractivity contribution in [2.75, 3.05) is 31.1 Å². The minimum Gasteiger partial charge on any atom is -0.371 e. The Balaban J connectivity index is 1.42. The van der Waals surface area contributed by atoms with Crippen molar-refractivity contribution in [1.29, 1.82) is 0 Å². The zero-order valence-corrected chi connectivity index (χ0v) is 17.2. The van der Waals surface area contributed by atoms with Crippen LogP contribution in [0.15, 0.2) is 36.5 Å². The molecule has 2 aliphatic heterocycles. The molecule has 3 N–H and O–H groups in total. The van der Waals surface area contributed by atoms with E-state index in [9.17, 15) is 0 Å². The number of aromatic nitrogens is 4. The molecule has 0 atom stereocenters. The Morgan fingerprint density at radius 3 is 2.70 bits per heavy atom. The van der Waals surface area contributed by atoms with Crippen LogP contribution in [0, 0.1) is 0 Å². The van der Waals surface area contributed by atoms with Gasteiger partial charge in [-0.2, -0.15) is 5.10 Å². The predicted octanol–water partition coefficient (Wildman–Crippen LogP) is 4.56. The second-order valence-electron chi connectivity index (χ2n) is 8.73. The van der Waals surface area contributed by atoms with Crippen LogP contribution >= 0.6 is 0 Å². The van der Waals surface area contributed by atoms with Crippen molar-refractivity contribution in [3.05, 3.63) is 42.1 Å². The molecular formula is C24H28N6. The smallest absolute Gasteiger partial charge is 0.155 e. The number of anilines is 1. The number of hydrogen-bond acceptors (Lipinski definition) is 4. The molecule has 2 fully saturated rings. The summed E-state index contributed by atoms with van der Waals surface area (Å²) in [5.41, 5.74) is 6.73. The summed E-state index contributed by atoms with van der Waals surface area (Å²) in [6, 6.07) is 11.1. The van der Waals surface area contributed by atoms with Crippen molar-refractivity contribution in [2.45, 2.75) is 38.0 Å². The molecule has 1 aromatic carbocycles. The number of fused-ring (bicyclic) bond motifs is 2. The molecule has 154 valence electrons. The molecule has 0 spiro atoms. The molecule has 0 saturated carbocycles. The summed E-state index contributed by atoms with van der Waals surface area (Å²) >= 11 is 0. The molecule has 2 saturated heterocycles. The number of rotatable bonds is 3. The first-order chi connectivity index (χ1) is 14.9. The molecule has 0 bridgehead atoms. The van der Waals surface area contributed by atoms with Gasteiger partial charge in [-0.1, -0.05) is 6.07 Å². The maximum absolute atomic E-state index is 4.69. The van der Waals surface area contributed by atoms with Crippen LogP contribution in [0.25, 0.3) is 33.3 Å². The van der Waals surface area contributed by atoms with Crippen molar-refractivity contribution in [3.8, 4) is 11.4 Å². The van der Waals surface area contributed by atoms with Crippen molar-refractivity contribution in [1.82, 2.24) is 25.5 Å². The van der Waals surface area contributed by atoms with Crippen LogP contribution in [0.1, 0.15) is 43.6 Å². The summed E-state index contributed by atoms with van der Waals surface area (Å²) in [4.78, 5) is 10.8. The van der Waals surface area contributed by atoms with E-state index >= 15 is 0 Å². The average molecular weight is 401 g/mol. The lowest BCUT2D eigenvalue weighted by molar-refractivity contribution is 0.460. The summed E-state index contributed by atoms with van der Waals surface area (Å²) in [7, 11) is 0. The van der Waals surface area contributed by atoms with Gasteiger partial charge in [-0.3, -0.25) is 5.10 Å². The molecule has 6 heteroatoms. The molecule has 5 heterocycles. The highest BCUT2D eigenvalue weighted by Gasteiger charge is 2.20. The quantitative estimate of drug-likeness (QED) is 0.471. The third-order valence-electron chi connectivity index (χ3n) is 6.84. The molecule has 0 aliphatic carbocycles. The maximum Gasteiger partial charge on any atom is 0.155 e. The van der Waals surface area contributed by atoms with Gasteiger partial charge in [-0.25, -0.2) is 4.98 Å². The maximum atomic E-state index is 4.69. The number of hydrogen-bond donors (Lipinski definition) is 3. The highest BCUT2D eigenvalue weighted by molar-refractivity contribution is 5.99. The normalized spacial score (nSPS) is 18.5. The van der Waals surface area contributed by atoms with Crippen LogP contribution in [0.4, 0.5) is 5.69 Å². The fourth-order valence-electron chi connectivity index (χ4n) is 5.18. The summed E-state index contributed by atoms with van der Waals surface area (Å²) < 4.78 is 0. The van der Waals surface area contributed by atoms with E-state index in [2.05, 4.69) is 60.7 Å². The minimum absolute atomic E-state index is 0.583. The monoisotopic (exact) mass is 400 g/mol. The summed E-state index contributed by atoms with van der Waals surface area (Å²) in [5.74, 6) is 0.583. The minimum atomic E-state index is 0.583. The first kappa shape index (κ1) is 18.0. The van der Waals surface area contributed by atoms with E-state index in [1.165, 1.54) is 54.3 Å². The number of piperidine rings is 2. The van der Waals surface area contributed by atoms with Gasteiger partial charge in [0.2, 0.25) is 0 Å². The Morgan fingerprint density at radius 1 is 0.967 bits per heavy atom. The number of H-pyrrole nitrogens is 2. The zero-order valence-electron chi connectivity index (χ0n) is 17.2. The zero-order chi connectivity index (χ0) is 19.9. The Labute approximate surface area is 176 Å². The van der Waals surface area contributed by atoms with Crippen molar-refractivity contribution in [2.24, 2.45) is 0 Å². The summed E-state index contributed by atoms with van der Waals surface area (Å²) in [6.07, 6.45) is 8.28. The highest BCUT2D eigenvalue weighted by Crippen LogP contribution is 2.35. The summed E-state index contributed by atoms with van der Waals surface area (Å²) in [6.45, 7) is 4.47. The van der Waals surface area contributed by atoms with Crippen LogP contribution in [0.3, 0.4) is 0 Å². The predicted molar refractivity (Wildman–Crippen MR) is 122 cm³/mol. The van der Waals surface area contributed by atoms with E-state index in [1.54, 1.807) is 0 Å². The first-order valence-electron chi connectivity index (χ1n) is 11.3. The van der Waals surface area contributed by atoms with Gasteiger partial charge in [0, 0.05) is 41.3 Å². The SMILES string of the molecule is c1cc(N2CCCCC2)c2cc(-c3n[nH]c4ncc(C5CCNCC5)cc34)[nH]c2c1. The van der Waals surface area contributed by atoms with E-state index in [1.807, 2.05) is 6.20 Å². The fraction of sp³-hybridized carbons (Fsp3) is 0.417. The van der Waals surface area contributed by atoms with E-state index in [-0.39, 0.29) is 0 Å². The lowest BCUT2D eigenvalue weighted by atomic mass is 9.91. The third kappa shape index (κ3) is 3.06. The third-order valence-corrected chi connectivity index (χ3v) is 6.84. The molecular weight excluding hydrogens is 372 g/mol. The van der Waals surface area contributed by atoms with Crippen LogP contribution < -0.4 is 10.2 Å².